The molecule has 1 aromatic heterocycles. The molecule has 1 aliphatic rings. The summed E-state index contributed by atoms with van der Waals surface area (Å²) in [5, 5.41) is 0. The van der Waals surface area contributed by atoms with Gasteiger partial charge >= 0.3 is 0 Å². The van der Waals surface area contributed by atoms with Crippen molar-refractivity contribution >= 4 is 5.91 Å². The summed E-state index contributed by atoms with van der Waals surface area (Å²) in [7, 11) is 0. The molecule has 1 aliphatic heterocycles. The summed E-state index contributed by atoms with van der Waals surface area (Å²) >= 11 is 0. The molecule has 0 radical (unpaired) electrons. The van der Waals surface area contributed by atoms with Gasteiger partial charge in [0.05, 0.1) is 18.4 Å². The van der Waals surface area contributed by atoms with Crippen molar-refractivity contribution in [2.45, 2.75) is 12.8 Å². The van der Waals surface area contributed by atoms with Crippen molar-refractivity contribution in [3.05, 3.63) is 54.2 Å². The summed E-state index contributed by atoms with van der Waals surface area (Å²) < 4.78 is 24.1. The maximum absolute atomic E-state index is 13.5. The van der Waals surface area contributed by atoms with Crippen molar-refractivity contribution in [3.63, 3.8) is 0 Å². The van der Waals surface area contributed by atoms with Crippen LogP contribution in [-0.2, 0) is 0 Å². The highest BCUT2D eigenvalue weighted by atomic mass is 19.1. The Morgan fingerprint density at radius 2 is 2.23 bits per heavy atom. The number of rotatable bonds is 4. The van der Waals surface area contributed by atoms with Gasteiger partial charge in [-0.05, 0) is 31.0 Å². The van der Waals surface area contributed by atoms with E-state index in [0.29, 0.717) is 18.7 Å². The van der Waals surface area contributed by atoms with E-state index in [0.717, 1.165) is 19.4 Å². The Morgan fingerprint density at radius 3 is 3.00 bits per heavy atom. The lowest BCUT2D eigenvalue weighted by atomic mass is 9.98. The number of ether oxygens (including phenoxy) is 1. The number of piperidine rings is 1. The van der Waals surface area contributed by atoms with Gasteiger partial charge in [0.1, 0.15) is 6.26 Å². The third-order valence-corrected chi connectivity index (χ3v) is 3.89. The topological polar surface area (TPSA) is 42.7 Å². The van der Waals surface area contributed by atoms with Crippen LogP contribution in [0.4, 0.5) is 4.39 Å². The fourth-order valence-corrected chi connectivity index (χ4v) is 2.72. The predicted octanol–water partition coefficient (Wildman–Crippen LogP) is 3.35. The highest BCUT2D eigenvalue weighted by Crippen LogP contribution is 2.22. The number of hydrogen-bond acceptors (Lipinski definition) is 3. The fourth-order valence-electron chi connectivity index (χ4n) is 2.72. The van der Waals surface area contributed by atoms with Crippen molar-refractivity contribution < 1.29 is 18.3 Å². The largest absolute Gasteiger partial charge is 0.490 e. The van der Waals surface area contributed by atoms with Gasteiger partial charge in [0, 0.05) is 19.0 Å². The monoisotopic (exact) mass is 303 g/mol. The van der Waals surface area contributed by atoms with Crippen LogP contribution in [0.5, 0.6) is 5.75 Å². The number of furan rings is 1. The molecule has 116 valence electrons. The van der Waals surface area contributed by atoms with E-state index in [1.807, 2.05) is 4.90 Å². The number of benzene rings is 1. The minimum absolute atomic E-state index is 0.0238. The Hall–Kier alpha value is -2.30. The van der Waals surface area contributed by atoms with E-state index in [4.69, 9.17) is 9.15 Å². The molecule has 1 fully saturated rings. The van der Waals surface area contributed by atoms with Crippen LogP contribution in [0, 0.1) is 11.7 Å². The first-order valence-electron chi connectivity index (χ1n) is 7.43. The lowest BCUT2D eigenvalue weighted by Crippen LogP contribution is -2.41. The molecule has 0 spiro atoms. The maximum Gasteiger partial charge on any atom is 0.257 e. The van der Waals surface area contributed by atoms with Crippen LogP contribution >= 0.6 is 0 Å². The summed E-state index contributed by atoms with van der Waals surface area (Å²) in [6.07, 6.45) is 4.86. The molecule has 2 heterocycles. The first-order chi connectivity index (χ1) is 10.7. The Balaban J connectivity index is 1.57. The van der Waals surface area contributed by atoms with Crippen LogP contribution in [0.2, 0.25) is 0 Å². The van der Waals surface area contributed by atoms with Crippen LogP contribution < -0.4 is 4.74 Å². The SMILES string of the molecule is O=C(c1ccoc1)N1CCC[C@H](COc2ccccc2F)C1. The molecule has 2 aromatic rings. The Morgan fingerprint density at radius 1 is 1.36 bits per heavy atom. The standard InChI is InChI=1S/C17H18FNO3/c18-15-5-1-2-6-16(15)22-11-13-4-3-8-19(10-13)17(20)14-7-9-21-12-14/h1-2,5-7,9,12-13H,3-4,8,10-11H2/t13-/m0/s1. The molecule has 0 saturated carbocycles. The first kappa shape index (κ1) is 14.6. The van der Waals surface area contributed by atoms with Crippen molar-refractivity contribution in [2.75, 3.05) is 19.7 Å². The van der Waals surface area contributed by atoms with E-state index < -0.39 is 0 Å². The average Bonchev–Trinajstić information content (AvgIpc) is 3.08. The molecule has 3 rings (SSSR count). The number of halogens is 1. The van der Waals surface area contributed by atoms with E-state index >= 15 is 0 Å². The molecule has 0 bridgehead atoms. The highest BCUT2D eigenvalue weighted by molar-refractivity contribution is 5.93. The number of hydrogen-bond donors (Lipinski definition) is 0. The van der Waals surface area contributed by atoms with Gasteiger partial charge in [0.15, 0.2) is 11.6 Å². The third kappa shape index (κ3) is 3.30. The minimum atomic E-state index is -0.357. The second-order valence-electron chi connectivity index (χ2n) is 5.51. The lowest BCUT2D eigenvalue weighted by molar-refractivity contribution is 0.0630. The molecule has 4 nitrogen and oxygen atoms in total. The van der Waals surface area contributed by atoms with Crippen LogP contribution in [-0.4, -0.2) is 30.5 Å². The van der Waals surface area contributed by atoms with Crippen LogP contribution in [0.3, 0.4) is 0 Å². The highest BCUT2D eigenvalue weighted by Gasteiger charge is 2.25. The van der Waals surface area contributed by atoms with E-state index in [2.05, 4.69) is 0 Å². The van der Waals surface area contributed by atoms with Crippen molar-refractivity contribution in [1.29, 1.82) is 0 Å². The second kappa shape index (κ2) is 6.64. The molecule has 1 amide bonds. The molecular weight excluding hydrogens is 285 g/mol. The van der Waals surface area contributed by atoms with Crippen LogP contribution in [0.25, 0.3) is 0 Å². The minimum Gasteiger partial charge on any atom is -0.490 e. The number of carbonyl (C=O) groups is 1. The summed E-state index contributed by atoms with van der Waals surface area (Å²) in [5.41, 5.74) is 0.565. The molecular formula is C17H18FNO3. The van der Waals surface area contributed by atoms with Gasteiger partial charge in [0.25, 0.3) is 5.91 Å². The Kier molecular flexibility index (Phi) is 4.42. The van der Waals surface area contributed by atoms with Crippen molar-refractivity contribution in [3.8, 4) is 5.75 Å². The Bertz CT molecular complexity index is 627. The summed E-state index contributed by atoms with van der Waals surface area (Å²) in [4.78, 5) is 14.1. The van der Waals surface area contributed by atoms with Gasteiger partial charge in [-0.3, -0.25) is 4.79 Å². The second-order valence-corrected chi connectivity index (χ2v) is 5.51. The van der Waals surface area contributed by atoms with Gasteiger partial charge in [-0.15, -0.1) is 0 Å². The quantitative estimate of drug-likeness (QED) is 0.870. The zero-order valence-corrected chi connectivity index (χ0v) is 12.2. The third-order valence-electron chi connectivity index (χ3n) is 3.89. The molecule has 0 aliphatic carbocycles. The van der Waals surface area contributed by atoms with Crippen LogP contribution in [0.15, 0.2) is 47.3 Å². The number of likely N-dealkylation sites (tertiary alicyclic amines) is 1. The van der Waals surface area contributed by atoms with Gasteiger partial charge < -0.3 is 14.1 Å². The number of amides is 1. The number of carbonyl (C=O) groups excluding carboxylic acids is 1. The smallest absolute Gasteiger partial charge is 0.257 e. The summed E-state index contributed by atoms with van der Waals surface area (Å²) in [6.45, 7) is 1.77. The summed E-state index contributed by atoms with van der Waals surface area (Å²) in [5.74, 6) is 0.0963. The van der Waals surface area contributed by atoms with Gasteiger partial charge in [-0.25, -0.2) is 4.39 Å². The Labute approximate surface area is 128 Å². The zero-order valence-electron chi connectivity index (χ0n) is 12.2. The lowest BCUT2D eigenvalue weighted by Gasteiger charge is -2.32. The predicted molar refractivity (Wildman–Crippen MR) is 79.2 cm³/mol. The molecule has 1 atom stereocenters. The average molecular weight is 303 g/mol. The molecule has 5 heteroatoms. The molecule has 0 N–H and O–H groups in total. The molecule has 22 heavy (non-hydrogen) atoms. The van der Waals surface area contributed by atoms with E-state index in [9.17, 15) is 9.18 Å². The van der Waals surface area contributed by atoms with E-state index in [1.165, 1.54) is 18.6 Å². The van der Waals surface area contributed by atoms with E-state index in [1.54, 1.807) is 24.3 Å². The molecule has 1 saturated heterocycles. The maximum atomic E-state index is 13.5. The zero-order chi connectivity index (χ0) is 15.4. The van der Waals surface area contributed by atoms with E-state index in [-0.39, 0.29) is 23.4 Å². The van der Waals surface area contributed by atoms with Crippen molar-refractivity contribution in [1.82, 2.24) is 4.90 Å². The first-order valence-corrected chi connectivity index (χ1v) is 7.43. The van der Waals surface area contributed by atoms with Gasteiger partial charge in [0.2, 0.25) is 0 Å². The van der Waals surface area contributed by atoms with Crippen LogP contribution in [0.1, 0.15) is 23.2 Å². The fraction of sp³-hybridized carbons (Fsp3) is 0.353. The van der Waals surface area contributed by atoms with Gasteiger partial charge in [-0.2, -0.15) is 0 Å². The number of para-hydroxylation sites is 1. The van der Waals surface area contributed by atoms with Crippen molar-refractivity contribution in [2.24, 2.45) is 5.92 Å². The number of nitrogens with zero attached hydrogens (tertiary/aromatic N) is 1. The summed E-state index contributed by atoms with van der Waals surface area (Å²) in [6, 6.07) is 8.04. The molecule has 0 unspecified atom stereocenters. The van der Waals surface area contributed by atoms with Gasteiger partial charge in [-0.1, -0.05) is 12.1 Å². The molecule has 1 aromatic carbocycles. The normalized spacial score (nSPS) is 18.2.